The van der Waals surface area contributed by atoms with Gasteiger partial charge in [-0.2, -0.15) is 0 Å². The molecule has 0 aliphatic heterocycles. The second-order valence-corrected chi connectivity index (χ2v) is 4.86. The number of benzene rings is 1. The van der Waals surface area contributed by atoms with Gasteiger partial charge >= 0.3 is 0 Å². The highest BCUT2D eigenvalue weighted by Crippen LogP contribution is 2.25. The van der Waals surface area contributed by atoms with Gasteiger partial charge in [0.1, 0.15) is 11.6 Å². The Bertz CT molecular complexity index is 416. The lowest BCUT2D eigenvalue weighted by atomic mass is 9.80. The van der Waals surface area contributed by atoms with Crippen molar-refractivity contribution in [2.24, 2.45) is 11.1 Å². The monoisotopic (exact) mass is 257 g/mol. The maximum Gasteiger partial charge on any atom is 0.144 e. The van der Waals surface area contributed by atoms with Crippen molar-refractivity contribution in [3.05, 3.63) is 34.6 Å². The Labute approximate surface area is 106 Å². The van der Waals surface area contributed by atoms with Crippen molar-refractivity contribution >= 4 is 17.4 Å². The molecule has 0 fully saturated rings. The van der Waals surface area contributed by atoms with Crippen LogP contribution in [0.2, 0.25) is 5.02 Å². The van der Waals surface area contributed by atoms with Crippen molar-refractivity contribution in [1.29, 1.82) is 0 Å². The zero-order valence-corrected chi connectivity index (χ0v) is 10.9. The van der Waals surface area contributed by atoms with E-state index in [0.29, 0.717) is 18.5 Å². The molecule has 0 saturated carbocycles. The highest BCUT2D eigenvalue weighted by Gasteiger charge is 2.29. The predicted molar refractivity (Wildman–Crippen MR) is 67.6 cm³/mol. The molecule has 1 atom stereocenters. The van der Waals surface area contributed by atoms with Gasteiger partial charge in [-0.1, -0.05) is 31.5 Å². The summed E-state index contributed by atoms with van der Waals surface area (Å²) in [6.45, 7) is 4.07. The summed E-state index contributed by atoms with van der Waals surface area (Å²) in [5, 5.41) is 0.286. The predicted octanol–water partition coefficient (Wildman–Crippen LogP) is 2.97. The molecule has 1 aromatic rings. The SMILES string of the molecule is CCC(C)(CN)C(=O)Cc1ccc(F)cc1Cl. The lowest BCUT2D eigenvalue weighted by Crippen LogP contribution is -2.36. The van der Waals surface area contributed by atoms with Crippen LogP contribution in [0.15, 0.2) is 18.2 Å². The van der Waals surface area contributed by atoms with Gasteiger partial charge in [0.05, 0.1) is 0 Å². The summed E-state index contributed by atoms with van der Waals surface area (Å²) in [6.07, 6.45) is 0.877. The third kappa shape index (κ3) is 3.27. The van der Waals surface area contributed by atoms with Crippen LogP contribution in [0.25, 0.3) is 0 Å². The first-order valence-corrected chi connectivity index (χ1v) is 5.98. The molecule has 1 unspecified atom stereocenters. The number of rotatable bonds is 5. The van der Waals surface area contributed by atoms with Crippen molar-refractivity contribution in [2.75, 3.05) is 6.54 Å². The molecule has 0 aliphatic rings. The Hall–Kier alpha value is -0.930. The van der Waals surface area contributed by atoms with E-state index < -0.39 is 11.2 Å². The normalized spacial score (nSPS) is 14.4. The summed E-state index contributed by atoms with van der Waals surface area (Å²) < 4.78 is 12.9. The number of carbonyl (C=O) groups is 1. The second-order valence-electron chi connectivity index (χ2n) is 4.45. The summed E-state index contributed by atoms with van der Waals surface area (Å²) in [7, 11) is 0. The van der Waals surface area contributed by atoms with Crippen molar-refractivity contribution in [3.63, 3.8) is 0 Å². The number of hydrogen-bond donors (Lipinski definition) is 1. The average molecular weight is 258 g/mol. The average Bonchev–Trinajstić information content (AvgIpc) is 2.31. The molecule has 2 nitrogen and oxygen atoms in total. The minimum atomic E-state index is -0.530. The molecule has 4 heteroatoms. The Kier molecular flexibility index (Phi) is 4.66. The van der Waals surface area contributed by atoms with E-state index >= 15 is 0 Å². The molecule has 2 N–H and O–H groups in total. The van der Waals surface area contributed by atoms with Gasteiger partial charge in [0.15, 0.2) is 0 Å². The zero-order chi connectivity index (χ0) is 13.1. The Balaban J connectivity index is 2.88. The number of halogens is 2. The van der Waals surface area contributed by atoms with E-state index in [1.807, 2.05) is 13.8 Å². The van der Waals surface area contributed by atoms with Gasteiger partial charge in [-0.15, -0.1) is 0 Å². The van der Waals surface area contributed by atoms with Gasteiger partial charge in [-0.3, -0.25) is 4.79 Å². The van der Waals surface area contributed by atoms with Gasteiger partial charge in [0.2, 0.25) is 0 Å². The van der Waals surface area contributed by atoms with Crippen molar-refractivity contribution in [2.45, 2.75) is 26.7 Å². The first-order chi connectivity index (χ1) is 7.92. The molecule has 0 amide bonds. The fourth-order valence-corrected chi connectivity index (χ4v) is 1.74. The molecule has 0 heterocycles. The van der Waals surface area contributed by atoms with Crippen LogP contribution in [0, 0.1) is 11.2 Å². The number of hydrogen-bond acceptors (Lipinski definition) is 2. The minimum absolute atomic E-state index is 0.0380. The summed E-state index contributed by atoms with van der Waals surface area (Å²) in [5.41, 5.74) is 5.74. The molecular weight excluding hydrogens is 241 g/mol. The maximum absolute atomic E-state index is 12.9. The van der Waals surface area contributed by atoms with Crippen LogP contribution >= 0.6 is 11.6 Å². The quantitative estimate of drug-likeness (QED) is 0.881. The molecule has 17 heavy (non-hydrogen) atoms. The number of Topliss-reactive ketones (excluding diaryl/α,β-unsaturated/α-hetero) is 1. The highest BCUT2D eigenvalue weighted by atomic mass is 35.5. The molecule has 0 aliphatic carbocycles. The van der Waals surface area contributed by atoms with Crippen LogP contribution in [0.3, 0.4) is 0 Å². The first kappa shape index (κ1) is 14.1. The number of carbonyl (C=O) groups excluding carboxylic acids is 1. The van der Waals surface area contributed by atoms with Crippen molar-refractivity contribution in [1.82, 2.24) is 0 Å². The summed E-state index contributed by atoms with van der Waals surface area (Å²) >= 11 is 5.89. The smallest absolute Gasteiger partial charge is 0.144 e. The molecule has 0 radical (unpaired) electrons. The second kappa shape index (κ2) is 5.61. The van der Waals surface area contributed by atoms with E-state index in [4.69, 9.17) is 17.3 Å². The summed E-state index contributed by atoms with van der Waals surface area (Å²) in [4.78, 5) is 12.1. The number of ketones is 1. The fraction of sp³-hybridized carbons (Fsp3) is 0.462. The summed E-state index contributed by atoms with van der Waals surface area (Å²) in [5.74, 6) is -0.362. The van der Waals surface area contributed by atoms with Crippen LogP contribution in [0.4, 0.5) is 4.39 Å². The lowest BCUT2D eigenvalue weighted by Gasteiger charge is -2.24. The van der Waals surface area contributed by atoms with E-state index in [1.165, 1.54) is 12.1 Å². The zero-order valence-electron chi connectivity index (χ0n) is 10.1. The van der Waals surface area contributed by atoms with E-state index in [1.54, 1.807) is 6.07 Å². The van der Waals surface area contributed by atoms with Crippen molar-refractivity contribution < 1.29 is 9.18 Å². The Morgan fingerprint density at radius 1 is 1.53 bits per heavy atom. The first-order valence-electron chi connectivity index (χ1n) is 5.60. The fourth-order valence-electron chi connectivity index (χ4n) is 1.51. The van der Waals surface area contributed by atoms with Crippen molar-refractivity contribution in [3.8, 4) is 0 Å². The molecule has 0 spiro atoms. The third-order valence-corrected chi connectivity index (χ3v) is 3.62. The van der Waals surface area contributed by atoms with Crippen LogP contribution in [-0.4, -0.2) is 12.3 Å². The van der Waals surface area contributed by atoms with Gasteiger partial charge in [-0.25, -0.2) is 4.39 Å². The highest BCUT2D eigenvalue weighted by molar-refractivity contribution is 6.31. The van der Waals surface area contributed by atoms with E-state index in [-0.39, 0.29) is 17.2 Å². The topological polar surface area (TPSA) is 43.1 Å². The largest absolute Gasteiger partial charge is 0.329 e. The van der Waals surface area contributed by atoms with Crippen LogP contribution < -0.4 is 5.73 Å². The van der Waals surface area contributed by atoms with Gasteiger partial charge in [-0.05, 0) is 24.1 Å². The molecule has 0 saturated heterocycles. The van der Waals surface area contributed by atoms with Gasteiger partial charge in [0.25, 0.3) is 0 Å². The van der Waals surface area contributed by atoms with Crippen LogP contribution in [0.5, 0.6) is 0 Å². The summed E-state index contributed by atoms with van der Waals surface area (Å²) in [6, 6.07) is 4.07. The third-order valence-electron chi connectivity index (χ3n) is 3.27. The van der Waals surface area contributed by atoms with E-state index in [9.17, 15) is 9.18 Å². The molecular formula is C13H17ClFNO. The molecule has 94 valence electrons. The minimum Gasteiger partial charge on any atom is -0.329 e. The molecule has 0 aromatic heterocycles. The molecule has 1 rings (SSSR count). The van der Waals surface area contributed by atoms with Gasteiger partial charge < -0.3 is 5.73 Å². The lowest BCUT2D eigenvalue weighted by molar-refractivity contribution is -0.126. The van der Waals surface area contributed by atoms with Crippen LogP contribution in [0.1, 0.15) is 25.8 Å². The standard InChI is InChI=1S/C13H17ClFNO/c1-3-13(2,8-16)12(17)6-9-4-5-10(15)7-11(9)14/h4-5,7H,3,6,8,16H2,1-2H3. The van der Waals surface area contributed by atoms with E-state index in [2.05, 4.69) is 0 Å². The molecule has 0 bridgehead atoms. The van der Waals surface area contributed by atoms with Crippen LogP contribution in [-0.2, 0) is 11.2 Å². The Morgan fingerprint density at radius 3 is 2.65 bits per heavy atom. The molecule has 1 aromatic carbocycles. The maximum atomic E-state index is 12.9. The number of nitrogens with two attached hydrogens (primary N) is 1. The Morgan fingerprint density at radius 2 is 2.18 bits per heavy atom. The van der Waals surface area contributed by atoms with E-state index in [0.717, 1.165) is 0 Å². The van der Waals surface area contributed by atoms with Gasteiger partial charge in [0, 0.05) is 23.4 Å².